The SMILES string of the molecule is CCCCCCCCCCCCOC(=O)C(C#N)=Cc1ccc(OC)c(OC)c1. The molecule has 0 spiro atoms. The zero-order valence-corrected chi connectivity index (χ0v) is 18.2. The van der Waals surface area contributed by atoms with Gasteiger partial charge in [0, 0.05) is 0 Å². The maximum Gasteiger partial charge on any atom is 0.348 e. The van der Waals surface area contributed by atoms with Crippen LogP contribution >= 0.6 is 0 Å². The molecule has 0 heterocycles. The number of rotatable bonds is 15. The molecule has 29 heavy (non-hydrogen) atoms. The van der Waals surface area contributed by atoms with Crippen LogP contribution in [0, 0.1) is 11.3 Å². The minimum atomic E-state index is -0.585. The number of hydrogen-bond donors (Lipinski definition) is 0. The van der Waals surface area contributed by atoms with Crippen LogP contribution in [-0.2, 0) is 9.53 Å². The molecule has 0 aliphatic carbocycles. The Morgan fingerprint density at radius 3 is 2.07 bits per heavy atom. The predicted molar refractivity (Wildman–Crippen MR) is 116 cm³/mol. The minimum Gasteiger partial charge on any atom is -0.493 e. The number of esters is 1. The maximum atomic E-state index is 12.1. The first-order chi connectivity index (χ1) is 14.2. The van der Waals surface area contributed by atoms with E-state index in [0.29, 0.717) is 23.7 Å². The number of methoxy groups -OCH3 is 2. The van der Waals surface area contributed by atoms with Crippen LogP contribution in [0.25, 0.3) is 6.08 Å². The third-order valence-corrected chi connectivity index (χ3v) is 4.79. The van der Waals surface area contributed by atoms with Gasteiger partial charge in [-0.1, -0.05) is 70.8 Å². The molecule has 1 aromatic rings. The highest BCUT2D eigenvalue weighted by molar-refractivity contribution is 5.97. The second kappa shape index (κ2) is 15.4. The zero-order valence-electron chi connectivity index (χ0n) is 18.2. The lowest BCUT2D eigenvalue weighted by atomic mass is 10.1. The highest BCUT2D eigenvalue weighted by Crippen LogP contribution is 2.28. The van der Waals surface area contributed by atoms with Gasteiger partial charge in [0.2, 0.25) is 0 Å². The number of nitriles is 1. The van der Waals surface area contributed by atoms with Crippen molar-refractivity contribution in [3.05, 3.63) is 29.3 Å². The van der Waals surface area contributed by atoms with E-state index in [1.54, 1.807) is 25.3 Å². The van der Waals surface area contributed by atoms with E-state index < -0.39 is 5.97 Å². The lowest BCUT2D eigenvalue weighted by Gasteiger charge is -2.08. The van der Waals surface area contributed by atoms with Gasteiger partial charge in [0.1, 0.15) is 11.6 Å². The molecule has 0 amide bonds. The number of benzene rings is 1. The number of nitrogens with zero attached hydrogens (tertiary/aromatic N) is 1. The highest BCUT2D eigenvalue weighted by Gasteiger charge is 2.11. The van der Waals surface area contributed by atoms with Crippen LogP contribution in [0.1, 0.15) is 76.7 Å². The van der Waals surface area contributed by atoms with Crippen molar-refractivity contribution < 1.29 is 19.0 Å². The van der Waals surface area contributed by atoms with Crippen LogP contribution in [0.3, 0.4) is 0 Å². The Hall–Kier alpha value is -2.48. The van der Waals surface area contributed by atoms with Crippen molar-refractivity contribution in [1.82, 2.24) is 0 Å². The van der Waals surface area contributed by atoms with Crippen molar-refractivity contribution in [2.45, 2.75) is 71.1 Å². The normalized spacial score (nSPS) is 11.0. The Kier molecular flexibility index (Phi) is 13.1. The third kappa shape index (κ3) is 10.0. The van der Waals surface area contributed by atoms with Crippen LogP contribution in [0.5, 0.6) is 11.5 Å². The molecule has 0 aliphatic heterocycles. The van der Waals surface area contributed by atoms with Gasteiger partial charge in [-0.3, -0.25) is 0 Å². The summed E-state index contributed by atoms with van der Waals surface area (Å²) >= 11 is 0. The molecule has 160 valence electrons. The van der Waals surface area contributed by atoms with Crippen LogP contribution in [0.4, 0.5) is 0 Å². The molecule has 0 atom stereocenters. The van der Waals surface area contributed by atoms with Crippen molar-refractivity contribution in [3.8, 4) is 17.6 Å². The molecule has 0 N–H and O–H groups in total. The number of ether oxygens (including phenoxy) is 3. The Morgan fingerprint density at radius 2 is 1.52 bits per heavy atom. The summed E-state index contributed by atoms with van der Waals surface area (Å²) in [7, 11) is 3.09. The fourth-order valence-electron chi connectivity index (χ4n) is 3.08. The molecular weight excluding hydrogens is 366 g/mol. The predicted octanol–water partition coefficient (Wildman–Crippen LogP) is 6.07. The molecule has 1 aromatic carbocycles. The van der Waals surface area contributed by atoms with Gasteiger partial charge in [-0.05, 0) is 30.2 Å². The fraction of sp³-hybridized carbons (Fsp3) is 0.583. The van der Waals surface area contributed by atoms with Crippen molar-refractivity contribution in [2.75, 3.05) is 20.8 Å². The molecule has 0 bridgehead atoms. The molecule has 0 saturated carbocycles. The third-order valence-electron chi connectivity index (χ3n) is 4.79. The summed E-state index contributed by atoms with van der Waals surface area (Å²) in [5.41, 5.74) is 0.652. The average Bonchev–Trinajstić information content (AvgIpc) is 2.75. The van der Waals surface area contributed by atoms with E-state index in [0.717, 1.165) is 19.3 Å². The average molecular weight is 402 g/mol. The van der Waals surface area contributed by atoms with Gasteiger partial charge in [0.15, 0.2) is 11.5 Å². The summed E-state index contributed by atoms with van der Waals surface area (Å²) in [6.07, 6.45) is 13.7. The van der Waals surface area contributed by atoms with E-state index in [1.807, 2.05) is 6.07 Å². The Morgan fingerprint density at radius 1 is 0.931 bits per heavy atom. The number of hydrogen-bond acceptors (Lipinski definition) is 5. The first-order valence-corrected chi connectivity index (χ1v) is 10.7. The van der Waals surface area contributed by atoms with Crippen molar-refractivity contribution in [3.63, 3.8) is 0 Å². The fourth-order valence-corrected chi connectivity index (χ4v) is 3.08. The standard InChI is InChI=1S/C24H35NO4/c1-4-5-6-7-8-9-10-11-12-13-16-29-24(26)21(19-25)17-20-14-15-22(27-2)23(18-20)28-3/h14-15,17-18H,4-13,16H2,1-3H3. The molecule has 0 saturated heterocycles. The smallest absolute Gasteiger partial charge is 0.348 e. The van der Waals surface area contributed by atoms with Crippen molar-refractivity contribution in [1.29, 1.82) is 5.26 Å². The van der Waals surface area contributed by atoms with E-state index in [-0.39, 0.29) is 5.57 Å². The van der Waals surface area contributed by atoms with E-state index in [1.165, 1.54) is 58.1 Å². The van der Waals surface area contributed by atoms with E-state index in [9.17, 15) is 10.1 Å². The first kappa shape index (κ1) is 24.6. The topological polar surface area (TPSA) is 68.6 Å². The van der Waals surface area contributed by atoms with Gasteiger partial charge < -0.3 is 14.2 Å². The Bertz CT molecular complexity index is 676. The lowest BCUT2D eigenvalue weighted by Crippen LogP contribution is -2.08. The number of unbranched alkanes of at least 4 members (excludes halogenated alkanes) is 9. The molecule has 1 rings (SSSR count). The van der Waals surface area contributed by atoms with E-state index in [4.69, 9.17) is 14.2 Å². The number of carbonyl (C=O) groups is 1. The van der Waals surface area contributed by atoms with Crippen LogP contribution in [-0.4, -0.2) is 26.8 Å². The summed E-state index contributed by atoms with van der Waals surface area (Å²) < 4.78 is 15.7. The maximum absolute atomic E-state index is 12.1. The Labute approximate surface area is 175 Å². The van der Waals surface area contributed by atoms with E-state index >= 15 is 0 Å². The van der Waals surface area contributed by atoms with Gasteiger partial charge in [0.05, 0.1) is 20.8 Å². The molecule has 0 radical (unpaired) electrons. The Balaban J connectivity index is 2.32. The van der Waals surface area contributed by atoms with Crippen molar-refractivity contribution >= 4 is 12.0 Å². The van der Waals surface area contributed by atoms with Crippen LogP contribution < -0.4 is 9.47 Å². The first-order valence-electron chi connectivity index (χ1n) is 10.7. The second-order valence-corrected chi connectivity index (χ2v) is 7.10. The molecule has 5 nitrogen and oxygen atoms in total. The van der Waals surface area contributed by atoms with Crippen molar-refractivity contribution in [2.24, 2.45) is 0 Å². The summed E-state index contributed by atoms with van der Waals surface area (Å²) in [5.74, 6) is 0.544. The number of carbonyl (C=O) groups excluding carboxylic acids is 1. The van der Waals surface area contributed by atoms with Gasteiger partial charge >= 0.3 is 5.97 Å². The molecule has 0 aliphatic rings. The largest absolute Gasteiger partial charge is 0.493 e. The zero-order chi connectivity index (χ0) is 21.3. The van der Waals surface area contributed by atoms with Gasteiger partial charge in [0.25, 0.3) is 0 Å². The van der Waals surface area contributed by atoms with Gasteiger partial charge in [-0.2, -0.15) is 5.26 Å². The lowest BCUT2D eigenvalue weighted by molar-refractivity contribution is -0.138. The molecule has 0 unspecified atom stereocenters. The molecule has 0 fully saturated rings. The second-order valence-electron chi connectivity index (χ2n) is 7.10. The molecular formula is C24H35NO4. The van der Waals surface area contributed by atoms with Gasteiger partial charge in [-0.15, -0.1) is 0 Å². The summed E-state index contributed by atoms with van der Waals surface area (Å²) in [4.78, 5) is 12.1. The van der Waals surface area contributed by atoms with Crippen LogP contribution in [0.15, 0.2) is 23.8 Å². The highest BCUT2D eigenvalue weighted by atomic mass is 16.5. The molecule has 5 heteroatoms. The minimum absolute atomic E-state index is 0.0238. The van der Waals surface area contributed by atoms with Gasteiger partial charge in [-0.25, -0.2) is 4.79 Å². The molecule has 0 aromatic heterocycles. The summed E-state index contributed by atoms with van der Waals surface area (Å²) in [6, 6.07) is 7.12. The van der Waals surface area contributed by atoms with Crippen LogP contribution in [0.2, 0.25) is 0 Å². The monoisotopic (exact) mass is 401 g/mol. The summed E-state index contributed by atoms with van der Waals surface area (Å²) in [6.45, 7) is 2.58. The quantitative estimate of drug-likeness (QED) is 0.154. The van der Waals surface area contributed by atoms with E-state index in [2.05, 4.69) is 6.92 Å². The summed E-state index contributed by atoms with van der Waals surface area (Å²) in [5, 5.41) is 9.29.